The van der Waals surface area contributed by atoms with Gasteiger partial charge in [-0.1, -0.05) is 24.3 Å². The number of fused-ring (bicyclic) bond motifs is 1. The number of aromatic amines is 1. The Morgan fingerprint density at radius 1 is 1.58 bits per heavy atom. The molecule has 0 bridgehead atoms. The first-order chi connectivity index (χ1) is 5.92. The zero-order valence-corrected chi connectivity index (χ0v) is 6.45. The third-order valence-corrected chi connectivity index (χ3v) is 1.83. The standard InChI is InChI=1S/C9H8N2O/c12-6-9-7-4-2-1-3-5-8(7)10-11-9/h1-2,4-6,10H,3H2. The van der Waals surface area contributed by atoms with Crippen molar-refractivity contribution in [1.29, 1.82) is 0 Å². The lowest BCUT2D eigenvalue weighted by molar-refractivity contribution is 0.111. The van der Waals surface area contributed by atoms with Gasteiger partial charge in [0.2, 0.25) is 0 Å². The molecule has 60 valence electrons. The minimum atomic E-state index is 0.479. The highest BCUT2D eigenvalue weighted by Crippen LogP contribution is 1.88. The first-order valence-electron chi connectivity index (χ1n) is 3.78. The largest absolute Gasteiger partial charge is 0.296 e. The van der Waals surface area contributed by atoms with Crippen LogP contribution in [0.15, 0.2) is 12.2 Å². The normalized spacial score (nSPS) is 14.0. The summed E-state index contributed by atoms with van der Waals surface area (Å²) < 4.78 is 0. The van der Waals surface area contributed by atoms with Crippen LogP contribution in [0.4, 0.5) is 0 Å². The molecule has 1 aliphatic carbocycles. The predicted molar refractivity (Wildman–Crippen MR) is 45.9 cm³/mol. The Balaban J connectivity index is 2.82. The second kappa shape index (κ2) is 2.77. The molecule has 3 heteroatoms. The maximum Gasteiger partial charge on any atom is 0.170 e. The molecule has 0 aliphatic heterocycles. The number of hydrogen-bond acceptors (Lipinski definition) is 2. The van der Waals surface area contributed by atoms with E-state index in [1.165, 1.54) is 0 Å². The summed E-state index contributed by atoms with van der Waals surface area (Å²) in [5, 5.41) is 8.50. The number of aldehydes is 1. The molecule has 0 saturated heterocycles. The number of hydrogen-bond donors (Lipinski definition) is 1. The summed E-state index contributed by atoms with van der Waals surface area (Å²) >= 11 is 0. The minimum absolute atomic E-state index is 0.479. The molecule has 1 aliphatic rings. The Hall–Kier alpha value is -1.64. The lowest BCUT2D eigenvalue weighted by Crippen LogP contribution is -2.23. The fourth-order valence-corrected chi connectivity index (χ4v) is 1.23. The molecule has 0 aromatic carbocycles. The number of nitrogens with one attached hydrogen (secondary N) is 1. The highest BCUT2D eigenvalue weighted by Gasteiger charge is 1.98. The Morgan fingerprint density at radius 3 is 3.33 bits per heavy atom. The van der Waals surface area contributed by atoms with Crippen LogP contribution in [0.1, 0.15) is 16.9 Å². The van der Waals surface area contributed by atoms with E-state index in [4.69, 9.17) is 0 Å². The molecule has 1 heterocycles. The summed E-state index contributed by atoms with van der Waals surface area (Å²) in [7, 11) is 0. The van der Waals surface area contributed by atoms with E-state index in [-0.39, 0.29) is 0 Å². The van der Waals surface area contributed by atoms with Gasteiger partial charge in [0.05, 0.1) is 5.35 Å². The van der Waals surface area contributed by atoms with E-state index in [0.717, 1.165) is 23.3 Å². The zero-order valence-electron chi connectivity index (χ0n) is 6.45. The van der Waals surface area contributed by atoms with E-state index in [1.54, 1.807) is 0 Å². The molecular formula is C9H8N2O. The van der Waals surface area contributed by atoms with Crippen LogP contribution in [-0.2, 0) is 0 Å². The maximum absolute atomic E-state index is 10.5. The fourth-order valence-electron chi connectivity index (χ4n) is 1.23. The summed E-state index contributed by atoms with van der Waals surface area (Å²) in [6, 6.07) is 0. The summed E-state index contributed by atoms with van der Waals surface area (Å²) in [5.74, 6) is 0. The lowest BCUT2D eigenvalue weighted by Gasteiger charge is -1.74. The Morgan fingerprint density at radius 2 is 2.50 bits per heavy atom. The average Bonchev–Trinajstić information content (AvgIpc) is 2.33. The molecule has 1 aromatic rings. The van der Waals surface area contributed by atoms with E-state index in [9.17, 15) is 4.79 Å². The number of rotatable bonds is 1. The van der Waals surface area contributed by atoms with Gasteiger partial charge in [-0.15, -0.1) is 0 Å². The molecule has 0 atom stereocenters. The molecule has 2 rings (SSSR count). The van der Waals surface area contributed by atoms with E-state index in [1.807, 2.05) is 24.3 Å². The number of carbonyl (C=O) groups excluding carboxylic acids is 1. The van der Waals surface area contributed by atoms with Gasteiger partial charge < -0.3 is 0 Å². The first-order valence-corrected chi connectivity index (χ1v) is 3.78. The third-order valence-electron chi connectivity index (χ3n) is 1.83. The molecule has 3 nitrogen and oxygen atoms in total. The zero-order chi connectivity index (χ0) is 8.39. The van der Waals surface area contributed by atoms with Crippen LogP contribution in [-0.4, -0.2) is 16.5 Å². The van der Waals surface area contributed by atoms with E-state index in [0.29, 0.717) is 5.69 Å². The van der Waals surface area contributed by atoms with Gasteiger partial charge >= 0.3 is 0 Å². The predicted octanol–water partition coefficient (Wildman–Crippen LogP) is -0.257. The molecule has 1 aromatic heterocycles. The van der Waals surface area contributed by atoms with E-state index in [2.05, 4.69) is 10.2 Å². The average molecular weight is 160 g/mol. The first kappa shape index (κ1) is 7.03. The molecule has 1 N–H and O–H groups in total. The third kappa shape index (κ3) is 0.993. The van der Waals surface area contributed by atoms with Crippen molar-refractivity contribution < 1.29 is 4.79 Å². The molecule has 0 amide bonds. The molecule has 0 saturated carbocycles. The van der Waals surface area contributed by atoms with Crippen LogP contribution in [0, 0.1) is 0 Å². The summed E-state index contributed by atoms with van der Waals surface area (Å²) in [6.07, 6.45) is 9.51. The van der Waals surface area contributed by atoms with Crippen molar-refractivity contribution in [3.05, 3.63) is 28.4 Å². The van der Waals surface area contributed by atoms with Crippen molar-refractivity contribution in [1.82, 2.24) is 10.2 Å². The summed E-state index contributed by atoms with van der Waals surface area (Å²) in [6.45, 7) is 0. The van der Waals surface area contributed by atoms with E-state index >= 15 is 0 Å². The SMILES string of the molecule is O=Cc1n[nH]c2c1=CC=CCC=2. The second-order valence-corrected chi connectivity index (χ2v) is 2.59. The van der Waals surface area contributed by atoms with Gasteiger partial charge in [0.15, 0.2) is 6.29 Å². The van der Waals surface area contributed by atoms with Crippen molar-refractivity contribution in [2.45, 2.75) is 6.42 Å². The highest BCUT2D eigenvalue weighted by atomic mass is 16.1. The van der Waals surface area contributed by atoms with Gasteiger partial charge in [0, 0.05) is 5.22 Å². The molecule has 0 fully saturated rings. The fraction of sp³-hybridized carbons (Fsp3) is 0.111. The highest BCUT2D eigenvalue weighted by molar-refractivity contribution is 5.73. The van der Waals surface area contributed by atoms with Gasteiger partial charge in [0.1, 0.15) is 5.69 Å². The minimum Gasteiger partial charge on any atom is -0.296 e. The summed E-state index contributed by atoms with van der Waals surface area (Å²) in [4.78, 5) is 10.5. The number of allylic oxidation sites excluding steroid dienone is 2. The number of carbonyl (C=O) groups is 1. The monoisotopic (exact) mass is 160 g/mol. The quantitative estimate of drug-likeness (QED) is 0.575. The van der Waals surface area contributed by atoms with Crippen molar-refractivity contribution in [2.75, 3.05) is 0 Å². The van der Waals surface area contributed by atoms with E-state index < -0.39 is 0 Å². The van der Waals surface area contributed by atoms with Gasteiger partial charge in [-0.25, -0.2) is 0 Å². The van der Waals surface area contributed by atoms with Gasteiger partial charge in [0.25, 0.3) is 0 Å². The molecule has 0 spiro atoms. The smallest absolute Gasteiger partial charge is 0.170 e. The topological polar surface area (TPSA) is 45.8 Å². The van der Waals surface area contributed by atoms with Crippen LogP contribution in [0.25, 0.3) is 12.2 Å². The molecular weight excluding hydrogens is 152 g/mol. The van der Waals surface area contributed by atoms with Crippen LogP contribution >= 0.6 is 0 Å². The molecule has 0 unspecified atom stereocenters. The number of H-pyrrole nitrogens is 1. The van der Waals surface area contributed by atoms with Gasteiger partial charge in [-0.05, 0) is 6.42 Å². The second-order valence-electron chi connectivity index (χ2n) is 2.59. The van der Waals surface area contributed by atoms with Gasteiger partial charge in [-0.2, -0.15) is 5.10 Å². The summed E-state index contributed by atoms with van der Waals surface area (Å²) in [5.41, 5.74) is 0.479. The Kier molecular flexibility index (Phi) is 1.63. The van der Waals surface area contributed by atoms with Crippen LogP contribution in [0.2, 0.25) is 0 Å². The Labute approximate surface area is 69.1 Å². The van der Waals surface area contributed by atoms with Crippen molar-refractivity contribution in [3.63, 3.8) is 0 Å². The van der Waals surface area contributed by atoms with Crippen LogP contribution in [0.3, 0.4) is 0 Å². The van der Waals surface area contributed by atoms with Crippen LogP contribution < -0.4 is 10.6 Å². The van der Waals surface area contributed by atoms with Crippen LogP contribution in [0.5, 0.6) is 0 Å². The van der Waals surface area contributed by atoms with Gasteiger partial charge in [-0.3, -0.25) is 9.89 Å². The maximum atomic E-state index is 10.5. The molecule has 12 heavy (non-hydrogen) atoms. The van der Waals surface area contributed by atoms with Crippen molar-refractivity contribution in [2.24, 2.45) is 0 Å². The molecule has 0 radical (unpaired) electrons. The number of aromatic nitrogens is 2. The Bertz CT molecular complexity index is 440. The van der Waals surface area contributed by atoms with Crippen molar-refractivity contribution in [3.8, 4) is 0 Å². The van der Waals surface area contributed by atoms with Crippen molar-refractivity contribution >= 4 is 18.4 Å². The number of nitrogens with zero attached hydrogens (tertiary/aromatic N) is 1. The lowest BCUT2D eigenvalue weighted by atomic mass is 10.3.